The van der Waals surface area contributed by atoms with E-state index in [1.807, 2.05) is 13.2 Å². The van der Waals surface area contributed by atoms with Crippen LogP contribution in [0.15, 0.2) is 6.20 Å². The van der Waals surface area contributed by atoms with Crippen molar-refractivity contribution >= 4 is 0 Å². The van der Waals surface area contributed by atoms with Gasteiger partial charge in [-0.15, -0.1) is 5.10 Å². The molecular formula is C10H19N5. The summed E-state index contributed by atoms with van der Waals surface area (Å²) in [5, 5.41) is 8.00. The fourth-order valence-corrected chi connectivity index (χ4v) is 2.06. The summed E-state index contributed by atoms with van der Waals surface area (Å²) in [5.74, 6) is 7.06. The maximum Gasteiger partial charge on any atom is 0.0843 e. The van der Waals surface area contributed by atoms with Crippen LogP contribution in [0.1, 0.15) is 25.5 Å². The Hall–Kier alpha value is -0.940. The molecule has 1 heterocycles. The number of nitrogens with two attached hydrogens (primary N) is 1. The lowest BCUT2D eigenvalue weighted by Crippen LogP contribution is -2.42. The number of hydrazine groups is 1. The van der Waals surface area contributed by atoms with Gasteiger partial charge in [-0.25, -0.2) is 0 Å². The summed E-state index contributed by atoms with van der Waals surface area (Å²) in [4.78, 5) is 0. The average Bonchev–Trinajstić information content (AvgIpc) is 2.99. The van der Waals surface area contributed by atoms with Gasteiger partial charge in [0.05, 0.1) is 5.69 Å². The first-order valence-electron chi connectivity index (χ1n) is 5.52. The van der Waals surface area contributed by atoms with Gasteiger partial charge >= 0.3 is 0 Å². The lowest BCUT2D eigenvalue weighted by Gasteiger charge is -2.21. The molecule has 84 valence electrons. The van der Waals surface area contributed by atoms with E-state index >= 15 is 0 Å². The molecule has 2 unspecified atom stereocenters. The number of nitrogens with one attached hydrogen (secondary N) is 1. The van der Waals surface area contributed by atoms with Crippen LogP contribution < -0.4 is 11.3 Å². The van der Waals surface area contributed by atoms with Crippen LogP contribution in [0.3, 0.4) is 0 Å². The van der Waals surface area contributed by atoms with Gasteiger partial charge in [-0.2, -0.15) is 0 Å². The van der Waals surface area contributed by atoms with Gasteiger partial charge in [0.1, 0.15) is 0 Å². The third kappa shape index (κ3) is 2.54. The van der Waals surface area contributed by atoms with Crippen LogP contribution in [0, 0.1) is 11.8 Å². The van der Waals surface area contributed by atoms with Crippen LogP contribution in [0.5, 0.6) is 0 Å². The molecule has 1 aromatic rings. The Balaban J connectivity index is 1.95. The van der Waals surface area contributed by atoms with E-state index in [1.54, 1.807) is 4.68 Å². The smallest absolute Gasteiger partial charge is 0.0843 e. The van der Waals surface area contributed by atoms with Crippen molar-refractivity contribution in [1.82, 2.24) is 20.4 Å². The molecule has 5 nitrogen and oxygen atoms in total. The molecule has 5 heteroatoms. The van der Waals surface area contributed by atoms with Gasteiger partial charge in [0, 0.05) is 25.7 Å². The van der Waals surface area contributed by atoms with Gasteiger partial charge in [0.15, 0.2) is 0 Å². The monoisotopic (exact) mass is 209 g/mol. The van der Waals surface area contributed by atoms with E-state index in [2.05, 4.69) is 22.7 Å². The molecule has 1 aliphatic rings. The Morgan fingerprint density at radius 2 is 2.40 bits per heavy atom. The molecule has 0 aliphatic heterocycles. The number of nitrogens with zero attached hydrogens (tertiary/aromatic N) is 3. The van der Waals surface area contributed by atoms with Crippen molar-refractivity contribution in [2.24, 2.45) is 24.7 Å². The van der Waals surface area contributed by atoms with Crippen molar-refractivity contribution in [3.63, 3.8) is 0 Å². The van der Waals surface area contributed by atoms with Crippen molar-refractivity contribution in [3.05, 3.63) is 11.9 Å². The molecule has 1 fully saturated rings. The van der Waals surface area contributed by atoms with Gasteiger partial charge in [0.25, 0.3) is 0 Å². The summed E-state index contributed by atoms with van der Waals surface area (Å²) in [7, 11) is 1.88. The molecule has 0 amide bonds. The summed E-state index contributed by atoms with van der Waals surface area (Å²) < 4.78 is 1.73. The van der Waals surface area contributed by atoms with Gasteiger partial charge in [-0.3, -0.25) is 16.0 Å². The first-order chi connectivity index (χ1) is 7.20. The molecule has 2 atom stereocenters. The molecule has 2 rings (SSSR count). The van der Waals surface area contributed by atoms with Crippen LogP contribution in [-0.2, 0) is 13.5 Å². The van der Waals surface area contributed by atoms with Crippen LogP contribution in [0.2, 0.25) is 0 Å². The topological polar surface area (TPSA) is 68.8 Å². The number of rotatable bonds is 5. The van der Waals surface area contributed by atoms with Crippen molar-refractivity contribution in [3.8, 4) is 0 Å². The van der Waals surface area contributed by atoms with Crippen molar-refractivity contribution in [2.45, 2.75) is 32.2 Å². The summed E-state index contributed by atoms with van der Waals surface area (Å²) in [6, 6.07) is 0.314. The minimum atomic E-state index is 0.314. The molecule has 3 N–H and O–H groups in total. The molecule has 0 spiro atoms. The van der Waals surface area contributed by atoms with E-state index in [9.17, 15) is 0 Å². The highest BCUT2D eigenvalue weighted by Crippen LogP contribution is 2.38. The Morgan fingerprint density at radius 3 is 2.87 bits per heavy atom. The van der Waals surface area contributed by atoms with Gasteiger partial charge in [-0.1, -0.05) is 12.1 Å². The lowest BCUT2D eigenvalue weighted by atomic mass is 9.94. The van der Waals surface area contributed by atoms with E-state index in [4.69, 9.17) is 5.84 Å². The standard InChI is InChI=1S/C10H19N5/c1-7(8-3-4-8)10(12-11)5-9-6-15(2)14-13-9/h6-8,10,12H,3-5,11H2,1-2H3. The third-order valence-electron chi connectivity index (χ3n) is 3.29. The fraction of sp³-hybridized carbons (Fsp3) is 0.800. The molecule has 0 radical (unpaired) electrons. The van der Waals surface area contributed by atoms with Crippen molar-refractivity contribution in [2.75, 3.05) is 0 Å². The number of aryl methyl sites for hydroxylation is 1. The number of hydrogen-bond acceptors (Lipinski definition) is 4. The summed E-state index contributed by atoms with van der Waals surface area (Å²) in [6.45, 7) is 2.26. The van der Waals surface area contributed by atoms with E-state index in [0.29, 0.717) is 12.0 Å². The zero-order valence-corrected chi connectivity index (χ0v) is 9.35. The van der Waals surface area contributed by atoms with E-state index < -0.39 is 0 Å². The van der Waals surface area contributed by atoms with E-state index in [-0.39, 0.29) is 0 Å². The van der Waals surface area contributed by atoms with Crippen LogP contribution in [-0.4, -0.2) is 21.0 Å². The Labute approximate surface area is 90.0 Å². The summed E-state index contributed by atoms with van der Waals surface area (Å²) in [6.07, 6.45) is 5.51. The number of hydrogen-bond donors (Lipinski definition) is 2. The second kappa shape index (κ2) is 4.28. The Bertz CT molecular complexity index is 317. The predicted octanol–water partition coefficient (Wildman–Crippen LogP) is 0.236. The zero-order valence-electron chi connectivity index (χ0n) is 9.35. The molecule has 1 aliphatic carbocycles. The summed E-state index contributed by atoms with van der Waals surface area (Å²) in [5.41, 5.74) is 3.91. The largest absolute Gasteiger partial charge is 0.271 e. The maximum absolute atomic E-state index is 5.59. The van der Waals surface area contributed by atoms with Crippen LogP contribution in [0.25, 0.3) is 0 Å². The van der Waals surface area contributed by atoms with Gasteiger partial charge in [-0.05, 0) is 24.7 Å². The van der Waals surface area contributed by atoms with Gasteiger partial charge < -0.3 is 0 Å². The molecule has 1 saturated carbocycles. The minimum Gasteiger partial charge on any atom is -0.271 e. The highest BCUT2D eigenvalue weighted by molar-refractivity contribution is 4.98. The molecule has 0 bridgehead atoms. The second-order valence-corrected chi connectivity index (χ2v) is 4.56. The van der Waals surface area contributed by atoms with Crippen LogP contribution in [0.4, 0.5) is 0 Å². The maximum atomic E-state index is 5.59. The van der Waals surface area contributed by atoms with Crippen molar-refractivity contribution < 1.29 is 0 Å². The zero-order chi connectivity index (χ0) is 10.8. The third-order valence-corrected chi connectivity index (χ3v) is 3.29. The highest BCUT2D eigenvalue weighted by Gasteiger charge is 2.33. The van der Waals surface area contributed by atoms with E-state index in [1.165, 1.54) is 12.8 Å². The molecule has 1 aromatic heterocycles. The first-order valence-corrected chi connectivity index (χ1v) is 5.52. The second-order valence-electron chi connectivity index (χ2n) is 4.56. The SMILES string of the molecule is CC(C1CC1)C(Cc1cn(C)nn1)NN. The predicted molar refractivity (Wildman–Crippen MR) is 57.7 cm³/mol. The molecule has 0 aromatic carbocycles. The van der Waals surface area contributed by atoms with Crippen molar-refractivity contribution in [1.29, 1.82) is 0 Å². The average molecular weight is 209 g/mol. The first kappa shape index (κ1) is 10.6. The summed E-state index contributed by atoms with van der Waals surface area (Å²) >= 11 is 0. The van der Waals surface area contributed by atoms with E-state index in [0.717, 1.165) is 18.0 Å². The Morgan fingerprint density at radius 1 is 1.67 bits per heavy atom. The molecule has 0 saturated heterocycles. The highest BCUT2D eigenvalue weighted by atomic mass is 15.4. The molecule has 15 heavy (non-hydrogen) atoms. The van der Waals surface area contributed by atoms with Gasteiger partial charge in [0.2, 0.25) is 0 Å². The van der Waals surface area contributed by atoms with Crippen LogP contribution >= 0.6 is 0 Å². The quantitative estimate of drug-likeness (QED) is 0.538. The minimum absolute atomic E-state index is 0.314. The normalized spacial score (nSPS) is 20.2. The fourth-order valence-electron chi connectivity index (χ4n) is 2.06. The lowest BCUT2D eigenvalue weighted by molar-refractivity contribution is 0.341. The Kier molecular flexibility index (Phi) is 3.02. The number of aromatic nitrogens is 3. The molecular weight excluding hydrogens is 190 g/mol.